The number of likely N-dealkylation sites (tertiary alicyclic amines) is 2. The van der Waals surface area contributed by atoms with Crippen LogP contribution < -0.4 is 11.1 Å². The van der Waals surface area contributed by atoms with Gasteiger partial charge in [0, 0.05) is 44.0 Å². The Morgan fingerprint density at radius 3 is 2.32 bits per heavy atom. The van der Waals surface area contributed by atoms with E-state index < -0.39 is 11.9 Å². The highest BCUT2D eigenvalue weighted by atomic mass is 35.5. The molecule has 0 spiro atoms. The molecule has 0 radical (unpaired) electrons. The zero-order valence-corrected chi connectivity index (χ0v) is 23.2. The lowest BCUT2D eigenvalue weighted by Gasteiger charge is -2.46. The zero-order chi connectivity index (χ0) is 27.3. The highest BCUT2D eigenvalue weighted by molar-refractivity contribution is 6.30. The third kappa shape index (κ3) is 7.46. The summed E-state index contributed by atoms with van der Waals surface area (Å²) in [4.78, 5) is 53.9. The molecule has 2 unspecified atom stereocenters. The number of nitrogens with two attached hydrogens (primary N) is 1. The molecule has 2 heterocycles. The number of carbonyl (C=O) groups excluding carboxylic acids is 4. The minimum Gasteiger partial charge on any atom is -0.370 e. The Morgan fingerprint density at radius 1 is 1.05 bits per heavy atom. The van der Waals surface area contributed by atoms with Crippen LogP contribution in [0.2, 0.25) is 5.02 Å². The van der Waals surface area contributed by atoms with E-state index in [2.05, 4.69) is 31.3 Å². The first-order valence-corrected chi connectivity index (χ1v) is 13.7. The number of hydrogen-bond acceptors (Lipinski definition) is 4. The van der Waals surface area contributed by atoms with Gasteiger partial charge in [0.25, 0.3) is 0 Å². The second-order valence-corrected chi connectivity index (χ2v) is 12.0. The van der Waals surface area contributed by atoms with Crippen molar-refractivity contribution in [1.82, 2.24) is 15.1 Å². The van der Waals surface area contributed by atoms with Crippen LogP contribution in [-0.2, 0) is 19.2 Å². The summed E-state index contributed by atoms with van der Waals surface area (Å²) in [5, 5.41) is 3.72. The lowest BCUT2D eigenvalue weighted by Crippen LogP contribution is -2.57. The van der Waals surface area contributed by atoms with Gasteiger partial charge in [-0.1, -0.05) is 51.4 Å². The van der Waals surface area contributed by atoms with Crippen molar-refractivity contribution in [3.63, 3.8) is 0 Å². The summed E-state index contributed by atoms with van der Waals surface area (Å²) in [7, 11) is 0. The minimum absolute atomic E-state index is 0.00117. The van der Waals surface area contributed by atoms with Gasteiger partial charge in [0.1, 0.15) is 6.04 Å². The number of carbonyl (C=O) groups is 4. The van der Waals surface area contributed by atoms with Crippen LogP contribution in [0.1, 0.15) is 71.3 Å². The van der Waals surface area contributed by atoms with Gasteiger partial charge in [-0.3, -0.25) is 19.2 Å². The first-order chi connectivity index (χ1) is 17.4. The molecule has 8 nitrogen and oxygen atoms in total. The minimum atomic E-state index is -0.628. The predicted octanol–water partition coefficient (Wildman–Crippen LogP) is 3.33. The Hall–Kier alpha value is -2.61. The Morgan fingerprint density at radius 2 is 1.73 bits per heavy atom. The second kappa shape index (κ2) is 12.3. The number of amides is 4. The van der Waals surface area contributed by atoms with Crippen molar-refractivity contribution < 1.29 is 19.2 Å². The van der Waals surface area contributed by atoms with E-state index in [1.807, 2.05) is 30.9 Å². The Balaban J connectivity index is 1.62. The third-order valence-electron chi connectivity index (χ3n) is 7.77. The average molecular weight is 533 g/mol. The molecule has 37 heavy (non-hydrogen) atoms. The molecular formula is C28H41ClN4O4. The molecule has 204 valence electrons. The molecule has 9 heteroatoms. The molecule has 1 aromatic rings. The van der Waals surface area contributed by atoms with E-state index in [1.165, 1.54) is 5.56 Å². The molecule has 0 aromatic heterocycles. The van der Waals surface area contributed by atoms with Gasteiger partial charge in [0.2, 0.25) is 23.6 Å². The maximum absolute atomic E-state index is 13.6. The number of halogens is 1. The number of rotatable bonds is 8. The van der Waals surface area contributed by atoms with Crippen molar-refractivity contribution in [1.29, 1.82) is 0 Å². The number of piperidine rings is 2. The monoisotopic (exact) mass is 532 g/mol. The highest BCUT2D eigenvalue weighted by Gasteiger charge is 2.41. The fourth-order valence-corrected chi connectivity index (χ4v) is 5.77. The van der Waals surface area contributed by atoms with Crippen LogP contribution >= 0.6 is 11.6 Å². The lowest BCUT2D eigenvalue weighted by molar-refractivity contribution is -0.143. The predicted molar refractivity (Wildman–Crippen MR) is 144 cm³/mol. The van der Waals surface area contributed by atoms with Crippen molar-refractivity contribution in [3.8, 4) is 0 Å². The smallest absolute Gasteiger partial charge is 0.245 e. The van der Waals surface area contributed by atoms with E-state index in [0.29, 0.717) is 50.0 Å². The van der Waals surface area contributed by atoms with Crippen LogP contribution in [0.15, 0.2) is 24.3 Å². The quantitative estimate of drug-likeness (QED) is 0.534. The van der Waals surface area contributed by atoms with Crippen LogP contribution in [0.4, 0.5) is 0 Å². The van der Waals surface area contributed by atoms with Gasteiger partial charge in [-0.15, -0.1) is 0 Å². The first-order valence-electron chi connectivity index (χ1n) is 13.3. The van der Waals surface area contributed by atoms with Crippen molar-refractivity contribution in [3.05, 3.63) is 34.9 Å². The highest BCUT2D eigenvalue weighted by Crippen LogP contribution is 2.42. The van der Waals surface area contributed by atoms with Crippen LogP contribution in [0.25, 0.3) is 0 Å². The molecule has 3 atom stereocenters. The van der Waals surface area contributed by atoms with E-state index in [4.69, 9.17) is 17.3 Å². The summed E-state index contributed by atoms with van der Waals surface area (Å²) in [6.45, 7) is 10.3. The first kappa shape index (κ1) is 29.0. The number of nitrogens with zero attached hydrogens (tertiary/aromatic N) is 2. The van der Waals surface area contributed by atoms with E-state index in [0.717, 1.165) is 6.42 Å². The Bertz CT molecular complexity index is 994. The topological polar surface area (TPSA) is 113 Å². The molecule has 3 N–H and O–H groups in total. The molecular weight excluding hydrogens is 492 g/mol. The van der Waals surface area contributed by atoms with Crippen molar-refractivity contribution in [2.45, 2.75) is 71.8 Å². The molecule has 2 saturated heterocycles. The molecule has 1 aromatic carbocycles. The molecule has 2 aliphatic heterocycles. The van der Waals surface area contributed by atoms with Gasteiger partial charge in [-0.05, 0) is 54.2 Å². The van der Waals surface area contributed by atoms with Crippen molar-refractivity contribution in [2.75, 3.05) is 26.2 Å². The van der Waals surface area contributed by atoms with Gasteiger partial charge in [-0.2, -0.15) is 0 Å². The summed E-state index contributed by atoms with van der Waals surface area (Å²) in [5.41, 5.74) is 6.25. The fourth-order valence-electron chi connectivity index (χ4n) is 5.65. The van der Waals surface area contributed by atoms with Crippen LogP contribution in [-0.4, -0.2) is 65.6 Å². The zero-order valence-electron chi connectivity index (χ0n) is 22.5. The van der Waals surface area contributed by atoms with Crippen LogP contribution in [0.5, 0.6) is 0 Å². The van der Waals surface area contributed by atoms with Gasteiger partial charge in [-0.25, -0.2) is 0 Å². The van der Waals surface area contributed by atoms with Crippen LogP contribution in [0, 0.1) is 17.3 Å². The lowest BCUT2D eigenvalue weighted by atomic mass is 9.70. The SMILES string of the molecule is CC(C)[C@@H](NC(=O)C1CCCN(C(=O)CCC(N)=O)C1)C(=O)N1CCC(c2ccc(Cl)cc2)C(C)(C)C1. The van der Waals surface area contributed by atoms with Gasteiger partial charge < -0.3 is 20.9 Å². The van der Waals surface area contributed by atoms with E-state index in [9.17, 15) is 19.2 Å². The standard InChI is InChI=1S/C28H41ClN4O4/c1-18(2)25(31-26(36)20-6-5-14-32(16-20)24(35)12-11-23(30)34)27(37)33-15-13-22(28(3,4)17-33)19-7-9-21(29)10-8-19/h7-10,18,20,22,25H,5-6,11-17H2,1-4H3,(H2,30,34)(H,31,36)/t20?,22?,25-/m1/s1. The van der Waals surface area contributed by atoms with Gasteiger partial charge in [0.05, 0.1) is 5.92 Å². The molecule has 2 fully saturated rings. The molecule has 0 bridgehead atoms. The molecule has 2 aliphatic rings. The van der Waals surface area contributed by atoms with E-state index in [1.54, 1.807) is 4.90 Å². The summed E-state index contributed by atoms with van der Waals surface area (Å²) >= 11 is 6.07. The Labute approximate surface area is 225 Å². The van der Waals surface area contributed by atoms with Crippen molar-refractivity contribution in [2.24, 2.45) is 23.0 Å². The normalized spacial score (nSPS) is 22.4. The maximum atomic E-state index is 13.6. The molecule has 4 amide bonds. The fraction of sp³-hybridized carbons (Fsp3) is 0.643. The average Bonchev–Trinajstić information content (AvgIpc) is 2.85. The summed E-state index contributed by atoms with van der Waals surface area (Å²) in [6, 6.07) is 7.32. The number of nitrogens with one attached hydrogen (secondary N) is 1. The third-order valence-corrected chi connectivity index (χ3v) is 8.03. The number of benzene rings is 1. The van der Waals surface area contributed by atoms with E-state index in [-0.39, 0.29) is 47.8 Å². The number of hydrogen-bond donors (Lipinski definition) is 2. The maximum Gasteiger partial charge on any atom is 0.245 e. The largest absolute Gasteiger partial charge is 0.370 e. The van der Waals surface area contributed by atoms with E-state index >= 15 is 0 Å². The second-order valence-electron chi connectivity index (χ2n) is 11.5. The van der Waals surface area contributed by atoms with Crippen molar-refractivity contribution >= 4 is 35.2 Å². The molecule has 0 aliphatic carbocycles. The summed E-state index contributed by atoms with van der Waals surface area (Å²) in [5.74, 6) is -1.10. The van der Waals surface area contributed by atoms with Crippen LogP contribution in [0.3, 0.4) is 0 Å². The van der Waals surface area contributed by atoms with Gasteiger partial charge >= 0.3 is 0 Å². The number of primary amides is 1. The molecule has 3 rings (SSSR count). The summed E-state index contributed by atoms with van der Waals surface area (Å²) in [6.07, 6.45) is 2.25. The van der Waals surface area contributed by atoms with Gasteiger partial charge in [0.15, 0.2) is 0 Å². The Kier molecular flexibility index (Phi) is 9.62. The summed E-state index contributed by atoms with van der Waals surface area (Å²) < 4.78 is 0. The molecule has 0 saturated carbocycles.